The highest BCUT2D eigenvalue weighted by Gasteiger charge is 2.26. The largest absolute Gasteiger partial charge is 0.381 e. The average molecular weight is 198 g/mol. The Kier molecular flexibility index (Phi) is 3.54. The zero-order valence-corrected chi connectivity index (χ0v) is 8.54. The number of ether oxygens (including phenoxy) is 2. The number of hydrogen-bond acceptors (Lipinski definition) is 3. The number of rotatable bonds is 3. The summed E-state index contributed by atoms with van der Waals surface area (Å²) in [5, 5.41) is 0. The van der Waals surface area contributed by atoms with Crippen molar-refractivity contribution < 1.29 is 14.3 Å². The fourth-order valence-corrected chi connectivity index (χ4v) is 2.20. The van der Waals surface area contributed by atoms with Crippen LogP contribution < -0.4 is 0 Å². The van der Waals surface area contributed by atoms with Crippen molar-refractivity contribution in [1.29, 1.82) is 0 Å². The smallest absolute Gasteiger partial charge is 0.161 e. The van der Waals surface area contributed by atoms with E-state index < -0.39 is 0 Å². The van der Waals surface area contributed by atoms with Crippen molar-refractivity contribution in [2.24, 2.45) is 5.92 Å². The van der Waals surface area contributed by atoms with Crippen molar-refractivity contribution in [1.82, 2.24) is 0 Å². The van der Waals surface area contributed by atoms with E-state index in [-0.39, 0.29) is 6.10 Å². The van der Waals surface area contributed by atoms with Crippen molar-refractivity contribution in [2.75, 3.05) is 19.8 Å². The van der Waals surface area contributed by atoms with Gasteiger partial charge in [-0.25, -0.2) is 0 Å². The van der Waals surface area contributed by atoms with E-state index in [1.807, 2.05) is 0 Å². The zero-order valence-electron chi connectivity index (χ0n) is 8.54. The topological polar surface area (TPSA) is 35.5 Å². The molecular formula is C11H18O3. The highest BCUT2D eigenvalue weighted by atomic mass is 16.5. The Morgan fingerprint density at radius 2 is 1.93 bits per heavy atom. The van der Waals surface area contributed by atoms with E-state index in [2.05, 4.69) is 0 Å². The molecule has 0 aromatic carbocycles. The van der Waals surface area contributed by atoms with E-state index in [0.29, 0.717) is 18.1 Å². The number of carbonyl (C=O) groups is 1. The summed E-state index contributed by atoms with van der Waals surface area (Å²) in [6, 6.07) is 0. The van der Waals surface area contributed by atoms with Crippen molar-refractivity contribution >= 4 is 5.78 Å². The molecule has 80 valence electrons. The van der Waals surface area contributed by atoms with Gasteiger partial charge in [-0.15, -0.1) is 0 Å². The van der Waals surface area contributed by atoms with Gasteiger partial charge in [0.1, 0.15) is 6.10 Å². The number of carbonyl (C=O) groups excluding carboxylic acids is 1. The minimum atomic E-state index is -0.0853. The summed E-state index contributed by atoms with van der Waals surface area (Å²) in [5.41, 5.74) is 0. The lowest BCUT2D eigenvalue weighted by atomic mass is 9.92. The van der Waals surface area contributed by atoms with Gasteiger partial charge < -0.3 is 9.47 Å². The molecule has 1 atom stereocenters. The first-order valence-electron chi connectivity index (χ1n) is 5.58. The van der Waals surface area contributed by atoms with Gasteiger partial charge in [-0.05, 0) is 31.6 Å². The molecule has 2 aliphatic rings. The maximum Gasteiger partial charge on any atom is 0.161 e. The van der Waals surface area contributed by atoms with Crippen LogP contribution >= 0.6 is 0 Å². The fourth-order valence-electron chi connectivity index (χ4n) is 2.20. The van der Waals surface area contributed by atoms with Gasteiger partial charge in [0.2, 0.25) is 0 Å². The fraction of sp³-hybridized carbons (Fsp3) is 0.909. The first-order valence-corrected chi connectivity index (χ1v) is 5.58. The standard InChI is InChI=1S/C11H18O3/c12-10(11-2-1-5-14-11)8-9-3-6-13-7-4-9/h9,11H,1-8H2. The van der Waals surface area contributed by atoms with Crippen molar-refractivity contribution in [3.8, 4) is 0 Å². The van der Waals surface area contributed by atoms with Crippen LogP contribution in [0.1, 0.15) is 32.1 Å². The molecule has 0 saturated carbocycles. The molecule has 0 radical (unpaired) electrons. The number of ketones is 1. The van der Waals surface area contributed by atoms with Crippen LogP contribution in [0.3, 0.4) is 0 Å². The molecule has 0 N–H and O–H groups in total. The summed E-state index contributed by atoms with van der Waals surface area (Å²) in [4.78, 5) is 11.7. The summed E-state index contributed by atoms with van der Waals surface area (Å²) in [6.07, 6.45) is 4.68. The van der Waals surface area contributed by atoms with E-state index >= 15 is 0 Å². The molecule has 1 unspecified atom stereocenters. The third-order valence-electron chi connectivity index (χ3n) is 3.12. The Hall–Kier alpha value is -0.410. The highest BCUT2D eigenvalue weighted by Crippen LogP contribution is 2.22. The average Bonchev–Trinajstić information content (AvgIpc) is 2.72. The summed E-state index contributed by atoms with van der Waals surface area (Å²) in [5.74, 6) is 0.856. The van der Waals surface area contributed by atoms with E-state index in [1.54, 1.807) is 0 Å². The van der Waals surface area contributed by atoms with Crippen LogP contribution in [-0.2, 0) is 14.3 Å². The quantitative estimate of drug-likeness (QED) is 0.690. The van der Waals surface area contributed by atoms with Gasteiger partial charge in [-0.1, -0.05) is 0 Å². The van der Waals surface area contributed by atoms with Crippen LogP contribution in [0.2, 0.25) is 0 Å². The van der Waals surface area contributed by atoms with E-state index in [9.17, 15) is 4.79 Å². The highest BCUT2D eigenvalue weighted by molar-refractivity contribution is 5.83. The summed E-state index contributed by atoms with van der Waals surface area (Å²) >= 11 is 0. The van der Waals surface area contributed by atoms with Crippen LogP contribution in [0, 0.1) is 5.92 Å². The minimum absolute atomic E-state index is 0.0853. The molecule has 0 spiro atoms. The molecule has 3 heteroatoms. The molecular weight excluding hydrogens is 180 g/mol. The summed E-state index contributed by atoms with van der Waals surface area (Å²) in [6.45, 7) is 2.41. The second-order valence-electron chi connectivity index (χ2n) is 4.23. The zero-order chi connectivity index (χ0) is 9.80. The van der Waals surface area contributed by atoms with Gasteiger partial charge in [0.15, 0.2) is 5.78 Å². The number of hydrogen-bond donors (Lipinski definition) is 0. The van der Waals surface area contributed by atoms with Gasteiger partial charge in [0, 0.05) is 26.2 Å². The predicted molar refractivity (Wildman–Crippen MR) is 52.1 cm³/mol. The minimum Gasteiger partial charge on any atom is -0.381 e. The normalized spacial score (nSPS) is 29.3. The Balaban J connectivity index is 1.75. The van der Waals surface area contributed by atoms with Crippen LogP contribution in [0.15, 0.2) is 0 Å². The van der Waals surface area contributed by atoms with Gasteiger partial charge >= 0.3 is 0 Å². The second kappa shape index (κ2) is 4.89. The second-order valence-corrected chi connectivity index (χ2v) is 4.23. The molecule has 2 aliphatic heterocycles. The molecule has 0 amide bonds. The molecule has 0 aliphatic carbocycles. The molecule has 2 heterocycles. The molecule has 2 fully saturated rings. The van der Waals surface area contributed by atoms with E-state index in [0.717, 1.165) is 45.5 Å². The molecule has 0 aromatic rings. The molecule has 2 saturated heterocycles. The molecule has 0 aromatic heterocycles. The maximum absolute atomic E-state index is 11.7. The maximum atomic E-state index is 11.7. The molecule has 0 bridgehead atoms. The summed E-state index contributed by atoms with van der Waals surface area (Å²) in [7, 11) is 0. The first kappa shape index (κ1) is 10.1. The van der Waals surface area contributed by atoms with Crippen LogP contribution in [-0.4, -0.2) is 31.7 Å². The van der Waals surface area contributed by atoms with Gasteiger partial charge in [-0.3, -0.25) is 4.79 Å². The molecule has 14 heavy (non-hydrogen) atoms. The Bertz CT molecular complexity index is 191. The summed E-state index contributed by atoms with van der Waals surface area (Å²) < 4.78 is 10.6. The lowest BCUT2D eigenvalue weighted by molar-refractivity contribution is -0.129. The number of Topliss-reactive ketones (excluding diaryl/α,β-unsaturated/α-hetero) is 1. The Morgan fingerprint density at radius 3 is 2.57 bits per heavy atom. The van der Waals surface area contributed by atoms with E-state index in [4.69, 9.17) is 9.47 Å². The van der Waals surface area contributed by atoms with Crippen molar-refractivity contribution in [3.05, 3.63) is 0 Å². The first-order chi connectivity index (χ1) is 6.86. The monoisotopic (exact) mass is 198 g/mol. The Labute approximate surface area is 84.8 Å². The lowest BCUT2D eigenvalue weighted by Crippen LogP contribution is -2.25. The Morgan fingerprint density at radius 1 is 1.14 bits per heavy atom. The van der Waals surface area contributed by atoms with Crippen LogP contribution in [0.4, 0.5) is 0 Å². The van der Waals surface area contributed by atoms with Crippen LogP contribution in [0.5, 0.6) is 0 Å². The van der Waals surface area contributed by atoms with Crippen molar-refractivity contribution in [3.63, 3.8) is 0 Å². The van der Waals surface area contributed by atoms with Crippen LogP contribution in [0.25, 0.3) is 0 Å². The molecule has 2 rings (SSSR count). The SMILES string of the molecule is O=C(CC1CCOCC1)C1CCCO1. The lowest BCUT2D eigenvalue weighted by Gasteiger charge is -2.22. The van der Waals surface area contributed by atoms with E-state index in [1.165, 1.54) is 0 Å². The molecule has 3 nitrogen and oxygen atoms in total. The van der Waals surface area contributed by atoms with Crippen molar-refractivity contribution in [2.45, 2.75) is 38.2 Å². The predicted octanol–water partition coefficient (Wildman–Crippen LogP) is 1.55. The van der Waals surface area contributed by atoms with Gasteiger partial charge in [-0.2, -0.15) is 0 Å². The van der Waals surface area contributed by atoms with Gasteiger partial charge in [0.25, 0.3) is 0 Å². The van der Waals surface area contributed by atoms with Gasteiger partial charge in [0.05, 0.1) is 0 Å². The third-order valence-corrected chi connectivity index (χ3v) is 3.12. The third kappa shape index (κ3) is 2.55.